The van der Waals surface area contributed by atoms with Crippen LogP contribution in [0.2, 0.25) is 0 Å². The van der Waals surface area contributed by atoms with Crippen LogP contribution in [0.4, 0.5) is 4.39 Å². The van der Waals surface area contributed by atoms with Crippen LogP contribution in [0.5, 0.6) is 0 Å². The number of Topliss-reactive ketones (excluding diaryl/α,β-unsaturated/α-hetero) is 1. The van der Waals surface area contributed by atoms with E-state index >= 15 is 0 Å². The molecule has 0 aliphatic heterocycles. The molecule has 0 amide bonds. The van der Waals surface area contributed by atoms with Gasteiger partial charge in [0.15, 0.2) is 5.78 Å². The molecule has 2 aromatic heterocycles. The molecule has 2 heterocycles. The first kappa shape index (κ1) is 10.4. The lowest BCUT2D eigenvalue weighted by atomic mass is 10.1. The molecule has 0 saturated heterocycles. The Bertz CT molecular complexity index is 506. The van der Waals surface area contributed by atoms with E-state index in [1.165, 1.54) is 13.0 Å². The van der Waals surface area contributed by atoms with Crippen LogP contribution in [0.1, 0.15) is 17.4 Å². The van der Waals surface area contributed by atoms with Gasteiger partial charge >= 0.3 is 0 Å². The van der Waals surface area contributed by atoms with Crippen LogP contribution in [-0.2, 0) is 0 Å². The summed E-state index contributed by atoms with van der Waals surface area (Å²) in [6.45, 7) is 1.46. The predicted molar refractivity (Wildman–Crippen MR) is 57.4 cm³/mol. The van der Waals surface area contributed by atoms with Gasteiger partial charge in [0.25, 0.3) is 0 Å². The maximum absolute atomic E-state index is 12.6. The van der Waals surface area contributed by atoms with Gasteiger partial charge in [-0.3, -0.25) is 14.8 Å². The van der Waals surface area contributed by atoms with Crippen LogP contribution < -0.4 is 0 Å². The number of carbonyl (C=O) groups is 1. The molecule has 2 rings (SSSR count). The van der Waals surface area contributed by atoms with Gasteiger partial charge in [-0.25, -0.2) is 4.39 Å². The van der Waals surface area contributed by atoms with Crippen molar-refractivity contribution < 1.29 is 9.18 Å². The molecule has 0 bridgehead atoms. The third-order valence-electron chi connectivity index (χ3n) is 2.15. The standard InChI is InChI=1S/C12H9FN2O/c1-8(16)11-4-2-9(6-14-11)12-5-3-10(13)7-15-12/h2-7H,1H3. The van der Waals surface area contributed by atoms with E-state index in [2.05, 4.69) is 9.97 Å². The molecule has 0 aliphatic rings. The van der Waals surface area contributed by atoms with E-state index in [0.717, 1.165) is 11.8 Å². The molecule has 16 heavy (non-hydrogen) atoms. The number of hydrogen-bond donors (Lipinski definition) is 0. The van der Waals surface area contributed by atoms with E-state index in [0.29, 0.717) is 11.4 Å². The first-order chi connectivity index (χ1) is 7.66. The highest BCUT2D eigenvalue weighted by Crippen LogP contribution is 2.15. The van der Waals surface area contributed by atoms with Crippen LogP contribution >= 0.6 is 0 Å². The van der Waals surface area contributed by atoms with E-state index < -0.39 is 0 Å². The molecule has 0 unspecified atom stereocenters. The molecule has 0 aromatic carbocycles. The van der Waals surface area contributed by atoms with E-state index in [1.54, 1.807) is 24.4 Å². The van der Waals surface area contributed by atoms with Crippen molar-refractivity contribution in [1.29, 1.82) is 0 Å². The normalized spacial score (nSPS) is 10.1. The Labute approximate surface area is 92.0 Å². The Hall–Kier alpha value is -2.10. The highest BCUT2D eigenvalue weighted by atomic mass is 19.1. The number of halogens is 1. The van der Waals surface area contributed by atoms with Gasteiger partial charge in [-0.2, -0.15) is 0 Å². The quantitative estimate of drug-likeness (QED) is 0.724. The first-order valence-electron chi connectivity index (χ1n) is 4.76. The summed E-state index contributed by atoms with van der Waals surface area (Å²) in [6, 6.07) is 6.27. The second kappa shape index (κ2) is 4.18. The number of aromatic nitrogens is 2. The summed E-state index contributed by atoms with van der Waals surface area (Å²) in [5.74, 6) is -0.462. The minimum absolute atomic E-state index is 0.0846. The van der Waals surface area contributed by atoms with Crippen molar-refractivity contribution in [3.05, 3.63) is 48.2 Å². The number of ketones is 1. The summed E-state index contributed by atoms with van der Waals surface area (Å²) in [6.07, 6.45) is 2.70. The van der Waals surface area contributed by atoms with E-state index in [-0.39, 0.29) is 11.6 Å². The molecule has 0 fully saturated rings. The molecular weight excluding hydrogens is 207 g/mol. The fraction of sp³-hybridized carbons (Fsp3) is 0.0833. The molecule has 0 N–H and O–H groups in total. The van der Waals surface area contributed by atoms with Crippen LogP contribution in [-0.4, -0.2) is 15.8 Å². The van der Waals surface area contributed by atoms with Crippen LogP contribution in [0, 0.1) is 5.82 Å². The minimum atomic E-state index is -0.378. The Morgan fingerprint density at radius 2 is 1.94 bits per heavy atom. The van der Waals surface area contributed by atoms with Crippen molar-refractivity contribution in [2.75, 3.05) is 0 Å². The number of nitrogens with zero attached hydrogens (tertiary/aromatic N) is 2. The zero-order valence-electron chi connectivity index (χ0n) is 8.64. The van der Waals surface area contributed by atoms with Crippen molar-refractivity contribution in [2.45, 2.75) is 6.92 Å². The molecule has 80 valence electrons. The molecule has 3 nitrogen and oxygen atoms in total. The molecule has 0 atom stereocenters. The maximum atomic E-state index is 12.6. The average molecular weight is 216 g/mol. The van der Waals surface area contributed by atoms with Gasteiger partial charge in [-0.1, -0.05) is 0 Å². The molecule has 0 saturated carbocycles. The summed E-state index contributed by atoms with van der Waals surface area (Å²) < 4.78 is 12.6. The second-order valence-electron chi connectivity index (χ2n) is 3.35. The lowest BCUT2D eigenvalue weighted by molar-refractivity contribution is 0.101. The summed E-state index contributed by atoms with van der Waals surface area (Å²) in [4.78, 5) is 18.9. The zero-order chi connectivity index (χ0) is 11.5. The number of carbonyl (C=O) groups excluding carboxylic acids is 1. The number of pyridine rings is 2. The van der Waals surface area contributed by atoms with Gasteiger partial charge in [-0.15, -0.1) is 0 Å². The van der Waals surface area contributed by atoms with Crippen LogP contribution in [0.25, 0.3) is 11.3 Å². The third-order valence-corrected chi connectivity index (χ3v) is 2.15. The lowest BCUT2D eigenvalue weighted by Crippen LogP contribution is -1.96. The van der Waals surface area contributed by atoms with Gasteiger partial charge in [0.1, 0.15) is 11.5 Å². The van der Waals surface area contributed by atoms with Crippen LogP contribution in [0.15, 0.2) is 36.7 Å². The van der Waals surface area contributed by atoms with Gasteiger partial charge in [-0.05, 0) is 24.3 Å². The number of hydrogen-bond acceptors (Lipinski definition) is 3. The van der Waals surface area contributed by atoms with Gasteiger partial charge in [0, 0.05) is 18.7 Å². The Balaban J connectivity index is 2.34. The number of rotatable bonds is 2. The molecular formula is C12H9FN2O. The average Bonchev–Trinajstić information content (AvgIpc) is 2.30. The monoisotopic (exact) mass is 216 g/mol. The van der Waals surface area contributed by atoms with Crippen molar-refractivity contribution in [2.24, 2.45) is 0 Å². The van der Waals surface area contributed by atoms with Crippen molar-refractivity contribution in [3.63, 3.8) is 0 Å². The zero-order valence-corrected chi connectivity index (χ0v) is 8.64. The van der Waals surface area contributed by atoms with Crippen molar-refractivity contribution in [1.82, 2.24) is 9.97 Å². The van der Waals surface area contributed by atoms with Crippen molar-refractivity contribution in [3.8, 4) is 11.3 Å². The molecule has 0 spiro atoms. The first-order valence-corrected chi connectivity index (χ1v) is 4.76. The molecule has 2 aromatic rings. The lowest BCUT2D eigenvalue weighted by Gasteiger charge is -2.00. The Morgan fingerprint density at radius 1 is 1.12 bits per heavy atom. The fourth-order valence-corrected chi connectivity index (χ4v) is 1.30. The van der Waals surface area contributed by atoms with Crippen LogP contribution in [0.3, 0.4) is 0 Å². The summed E-state index contributed by atoms with van der Waals surface area (Å²) in [7, 11) is 0. The fourth-order valence-electron chi connectivity index (χ4n) is 1.30. The highest BCUT2D eigenvalue weighted by Gasteiger charge is 2.03. The van der Waals surface area contributed by atoms with Gasteiger partial charge in [0.05, 0.1) is 11.9 Å². The third kappa shape index (κ3) is 2.11. The van der Waals surface area contributed by atoms with Gasteiger partial charge < -0.3 is 0 Å². The summed E-state index contributed by atoms with van der Waals surface area (Å²) in [5.41, 5.74) is 1.79. The topological polar surface area (TPSA) is 42.9 Å². The smallest absolute Gasteiger partial charge is 0.178 e. The maximum Gasteiger partial charge on any atom is 0.178 e. The SMILES string of the molecule is CC(=O)c1ccc(-c2ccc(F)cn2)cn1. The van der Waals surface area contributed by atoms with E-state index in [1.807, 2.05) is 0 Å². The Morgan fingerprint density at radius 3 is 2.44 bits per heavy atom. The predicted octanol–water partition coefficient (Wildman–Crippen LogP) is 2.49. The highest BCUT2D eigenvalue weighted by molar-refractivity contribution is 5.92. The molecule has 0 radical (unpaired) electrons. The summed E-state index contributed by atoms with van der Waals surface area (Å²) >= 11 is 0. The van der Waals surface area contributed by atoms with Crippen molar-refractivity contribution >= 4 is 5.78 Å². The van der Waals surface area contributed by atoms with Gasteiger partial charge in [0.2, 0.25) is 0 Å². The van der Waals surface area contributed by atoms with E-state index in [4.69, 9.17) is 0 Å². The second-order valence-corrected chi connectivity index (χ2v) is 3.35. The van der Waals surface area contributed by atoms with E-state index in [9.17, 15) is 9.18 Å². The molecule has 4 heteroatoms. The molecule has 0 aliphatic carbocycles. The largest absolute Gasteiger partial charge is 0.293 e. The summed E-state index contributed by atoms with van der Waals surface area (Å²) in [5, 5.41) is 0. The Kier molecular flexibility index (Phi) is 2.72. The minimum Gasteiger partial charge on any atom is -0.293 e.